The second-order valence-corrected chi connectivity index (χ2v) is 6.21. The van der Waals surface area contributed by atoms with Gasteiger partial charge in [-0.2, -0.15) is 0 Å². The lowest BCUT2D eigenvalue weighted by molar-refractivity contribution is 0.178. The average molecular weight is 258 g/mol. The highest BCUT2D eigenvalue weighted by Crippen LogP contribution is 2.18. The molecule has 0 spiro atoms. The summed E-state index contributed by atoms with van der Waals surface area (Å²) in [5.74, 6) is 0. The molecule has 1 rings (SSSR count). The number of hydrogen-bond donors (Lipinski definition) is 1. The molecule has 1 aliphatic rings. The van der Waals surface area contributed by atoms with Crippen LogP contribution < -0.4 is 4.72 Å². The van der Waals surface area contributed by atoms with E-state index in [0.717, 1.165) is 6.42 Å². The van der Waals surface area contributed by atoms with Gasteiger partial charge in [-0.25, -0.2) is 13.1 Å². The summed E-state index contributed by atoms with van der Waals surface area (Å²) in [5.41, 5.74) is -0.410. The maximum Gasteiger partial charge on any atom is 0.222 e. The zero-order chi connectivity index (χ0) is 9.24. The molecule has 72 valence electrons. The second-order valence-electron chi connectivity index (χ2n) is 3.19. The molecule has 1 atom stereocenters. The SMILES string of the molecule is CC1(NS(=O)(=O)CBr)CCOC1. The third-order valence-electron chi connectivity index (χ3n) is 1.76. The van der Waals surface area contributed by atoms with E-state index in [-0.39, 0.29) is 4.66 Å². The van der Waals surface area contributed by atoms with Crippen LogP contribution in [0.3, 0.4) is 0 Å². The van der Waals surface area contributed by atoms with Gasteiger partial charge in [0.15, 0.2) is 0 Å². The molecule has 1 unspecified atom stereocenters. The quantitative estimate of drug-likeness (QED) is 0.747. The van der Waals surface area contributed by atoms with Crippen LogP contribution in [0.2, 0.25) is 0 Å². The van der Waals surface area contributed by atoms with Gasteiger partial charge in [0.25, 0.3) is 0 Å². The number of hydrogen-bond acceptors (Lipinski definition) is 3. The van der Waals surface area contributed by atoms with Crippen LogP contribution in [-0.4, -0.2) is 31.8 Å². The standard InChI is InChI=1S/C6H12BrNO3S/c1-6(2-3-11-4-6)8-12(9,10)5-7/h8H,2-5H2,1H3. The minimum absolute atomic E-state index is 0.0599. The van der Waals surface area contributed by atoms with Crippen molar-refractivity contribution in [2.75, 3.05) is 17.9 Å². The first-order valence-corrected chi connectivity index (χ1v) is 6.40. The van der Waals surface area contributed by atoms with Crippen LogP contribution in [0.4, 0.5) is 0 Å². The molecule has 4 nitrogen and oxygen atoms in total. The highest BCUT2D eigenvalue weighted by Gasteiger charge is 2.33. The van der Waals surface area contributed by atoms with Crippen molar-refractivity contribution in [1.29, 1.82) is 0 Å². The van der Waals surface area contributed by atoms with Gasteiger partial charge in [0.2, 0.25) is 10.0 Å². The van der Waals surface area contributed by atoms with E-state index in [9.17, 15) is 8.42 Å². The fourth-order valence-corrected chi connectivity index (χ4v) is 2.46. The van der Waals surface area contributed by atoms with Gasteiger partial charge in [-0.1, -0.05) is 15.9 Å². The summed E-state index contributed by atoms with van der Waals surface area (Å²) in [6, 6.07) is 0. The Balaban J connectivity index is 2.61. The Morgan fingerprint density at radius 1 is 1.67 bits per heavy atom. The van der Waals surface area contributed by atoms with Crippen molar-refractivity contribution in [2.24, 2.45) is 0 Å². The number of halogens is 1. The number of sulfonamides is 1. The topological polar surface area (TPSA) is 55.4 Å². The lowest BCUT2D eigenvalue weighted by Gasteiger charge is -2.22. The Morgan fingerprint density at radius 3 is 2.75 bits per heavy atom. The van der Waals surface area contributed by atoms with E-state index in [1.807, 2.05) is 6.92 Å². The van der Waals surface area contributed by atoms with E-state index in [1.54, 1.807) is 0 Å². The third kappa shape index (κ3) is 2.69. The second kappa shape index (κ2) is 3.61. The fourth-order valence-electron chi connectivity index (χ4n) is 1.15. The monoisotopic (exact) mass is 257 g/mol. The summed E-state index contributed by atoms with van der Waals surface area (Å²) in [5, 5.41) is 0. The molecule has 6 heteroatoms. The van der Waals surface area contributed by atoms with Crippen LogP contribution >= 0.6 is 15.9 Å². The number of ether oxygens (including phenoxy) is 1. The van der Waals surface area contributed by atoms with E-state index >= 15 is 0 Å². The van der Waals surface area contributed by atoms with E-state index in [4.69, 9.17) is 4.74 Å². The van der Waals surface area contributed by atoms with Crippen LogP contribution in [0.5, 0.6) is 0 Å². The van der Waals surface area contributed by atoms with Gasteiger partial charge in [-0.15, -0.1) is 0 Å². The van der Waals surface area contributed by atoms with Crippen LogP contribution in [0.1, 0.15) is 13.3 Å². The molecule has 0 radical (unpaired) electrons. The molecular formula is C6H12BrNO3S. The third-order valence-corrected chi connectivity index (χ3v) is 4.66. The maximum atomic E-state index is 11.1. The number of alkyl halides is 1. The molecule has 0 aromatic heterocycles. The summed E-state index contributed by atoms with van der Waals surface area (Å²) < 4.78 is 29.9. The summed E-state index contributed by atoms with van der Waals surface area (Å²) >= 11 is 2.91. The lowest BCUT2D eigenvalue weighted by atomic mass is 10.0. The molecule has 1 aliphatic heterocycles. The molecule has 0 amide bonds. The summed E-state index contributed by atoms with van der Waals surface area (Å²) in [4.78, 5) is 0. The largest absolute Gasteiger partial charge is 0.379 e. The molecule has 0 aliphatic carbocycles. The smallest absolute Gasteiger partial charge is 0.222 e. The van der Waals surface area contributed by atoms with E-state index in [1.165, 1.54) is 0 Å². The van der Waals surface area contributed by atoms with Gasteiger partial charge in [-0.05, 0) is 13.3 Å². The first-order chi connectivity index (χ1) is 5.47. The number of rotatable bonds is 3. The molecule has 0 saturated carbocycles. The van der Waals surface area contributed by atoms with Crippen molar-refractivity contribution in [3.8, 4) is 0 Å². The molecule has 0 bridgehead atoms. The van der Waals surface area contributed by atoms with Gasteiger partial charge >= 0.3 is 0 Å². The summed E-state index contributed by atoms with van der Waals surface area (Å²) in [6.07, 6.45) is 0.735. The van der Waals surface area contributed by atoms with E-state index in [0.29, 0.717) is 13.2 Å². The van der Waals surface area contributed by atoms with Crippen molar-refractivity contribution in [3.63, 3.8) is 0 Å². The van der Waals surface area contributed by atoms with Crippen molar-refractivity contribution >= 4 is 26.0 Å². The van der Waals surface area contributed by atoms with E-state index in [2.05, 4.69) is 20.7 Å². The van der Waals surface area contributed by atoms with Gasteiger partial charge in [0.05, 0.1) is 12.1 Å². The highest BCUT2D eigenvalue weighted by atomic mass is 79.9. The normalized spacial score (nSPS) is 30.8. The molecule has 0 aromatic carbocycles. The molecule has 0 aromatic rings. The summed E-state index contributed by atoms with van der Waals surface area (Å²) in [6.45, 7) is 2.93. The zero-order valence-corrected chi connectivity index (χ0v) is 9.24. The molecule has 1 N–H and O–H groups in total. The average Bonchev–Trinajstić information content (AvgIpc) is 2.35. The van der Waals surface area contributed by atoms with Crippen LogP contribution in [0.15, 0.2) is 0 Å². The first-order valence-electron chi connectivity index (χ1n) is 3.63. The molecule has 1 heterocycles. The predicted molar refractivity (Wildman–Crippen MR) is 49.7 cm³/mol. The Labute approximate surface area is 80.8 Å². The molecule has 1 saturated heterocycles. The molecule has 1 fully saturated rings. The van der Waals surface area contributed by atoms with Crippen molar-refractivity contribution in [2.45, 2.75) is 18.9 Å². The van der Waals surface area contributed by atoms with Crippen molar-refractivity contribution in [1.82, 2.24) is 4.72 Å². The minimum Gasteiger partial charge on any atom is -0.379 e. The van der Waals surface area contributed by atoms with Crippen LogP contribution in [0, 0.1) is 0 Å². The Morgan fingerprint density at radius 2 is 2.33 bits per heavy atom. The maximum absolute atomic E-state index is 11.1. The number of nitrogens with one attached hydrogen (secondary N) is 1. The Hall–Kier alpha value is 0.350. The summed E-state index contributed by atoms with van der Waals surface area (Å²) in [7, 11) is -3.17. The van der Waals surface area contributed by atoms with Crippen molar-refractivity contribution < 1.29 is 13.2 Å². The molecular weight excluding hydrogens is 246 g/mol. The van der Waals surface area contributed by atoms with Gasteiger partial charge in [0, 0.05) is 6.61 Å². The van der Waals surface area contributed by atoms with Crippen LogP contribution in [0.25, 0.3) is 0 Å². The highest BCUT2D eigenvalue weighted by molar-refractivity contribution is 9.10. The predicted octanol–water partition coefficient (Wildman–Crippen LogP) is 0.437. The van der Waals surface area contributed by atoms with Crippen molar-refractivity contribution in [3.05, 3.63) is 0 Å². The minimum atomic E-state index is -3.17. The van der Waals surface area contributed by atoms with E-state index < -0.39 is 15.6 Å². The van der Waals surface area contributed by atoms with Gasteiger partial charge < -0.3 is 4.74 Å². The Kier molecular flexibility index (Phi) is 3.14. The first kappa shape index (κ1) is 10.4. The lowest BCUT2D eigenvalue weighted by Crippen LogP contribution is -2.46. The fraction of sp³-hybridized carbons (Fsp3) is 1.00. The Bertz CT molecular complexity index is 246. The van der Waals surface area contributed by atoms with Crippen LogP contribution in [-0.2, 0) is 14.8 Å². The molecule has 12 heavy (non-hydrogen) atoms. The van der Waals surface area contributed by atoms with Gasteiger partial charge in [-0.3, -0.25) is 0 Å². The van der Waals surface area contributed by atoms with Gasteiger partial charge in [0.1, 0.15) is 4.66 Å². The zero-order valence-electron chi connectivity index (χ0n) is 6.84.